The smallest absolute Gasteiger partial charge is 0.243 e. The van der Waals surface area contributed by atoms with Crippen LogP contribution in [0, 0.1) is 13.8 Å². The molecule has 1 rings (SSSR count). The van der Waals surface area contributed by atoms with Crippen LogP contribution in [0.4, 0.5) is 5.69 Å². The van der Waals surface area contributed by atoms with Crippen LogP contribution in [0.25, 0.3) is 0 Å². The van der Waals surface area contributed by atoms with Gasteiger partial charge in [0.1, 0.15) is 0 Å². The van der Waals surface area contributed by atoms with E-state index in [1.807, 2.05) is 13.8 Å². The molecule has 0 aromatic heterocycles. The number of benzene rings is 1. The van der Waals surface area contributed by atoms with Gasteiger partial charge < -0.3 is 10.5 Å². The van der Waals surface area contributed by atoms with Crippen molar-refractivity contribution in [2.24, 2.45) is 0 Å². The van der Waals surface area contributed by atoms with E-state index in [-0.39, 0.29) is 18.0 Å². The molecule has 0 aliphatic heterocycles. The van der Waals surface area contributed by atoms with Crippen molar-refractivity contribution in [3.8, 4) is 0 Å². The second kappa shape index (κ2) is 6.88. The van der Waals surface area contributed by atoms with E-state index in [0.29, 0.717) is 12.3 Å². The van der Waals surface area contributed by atoms with Crippen LogP contribution in [0.3, 0.4) is 0 Å². The van der Waals surface area contributed by atoms with Crippen molar-refractivity contribution < 1.29 is 13.2 Å². The molecule has 0 bridgehead atoms. The number of nitrogen functional groups attached to an aromatic ring is 1. The zero-order chi connectivity index (χ0) is 15.3. The highest BCUT2D eigenvalue weighted by Crippen LogP contribution is 2.24. The molecule has 0 atom stereocenters. The molecule has 0 saturated heterocycles. The molecule has 2 N–H and O–H groups in total. The van der Waals surface area contributed by atoms with Crippen molar-refractivity contribution in [2.45, 2.75) is 18.7 Å². The molecule has 0 fully saturated rings. The lowest BCUT2D eigenvalue weighted by atomic mass is 10.1. The number of nitrogens with zero attached hydrogens (tertiary/aromatic N) is 1. The predicted molar refractivity (Wildman–Crippen MR) is 81.2 cm³/mol. The van der Waals surface area contributed by atoms with Gasteiger partial charge in [-0.25, -0.2) is 8.42 Å². The van der Waals surface area contributed by atoms with Crippen LogP contribution in [-0.4, -0.2) is 39.5 Å². The number of sulfonamides is 1. The van der Waals surface area contributed by atoms with Crippen LogP contribution in [0.1, 0.15) is 11.1 Å². The quantitative estimate of drug-likeness (QED) is 0.614. The molecule has 6 heteroatoms. The van der Waals surface area contributed by atoms with Gasteiger partial charge in [0.15, 0.2) is 0 Å². The van der Waals surface area contributed by atoms with Crippen LogP contribution < -0.4 is 5.73 Å². The summed E-state index contributed by atoms with van der Waals surface area (Å²) in [6.45, 7) is 8.14. The Bertz CT molecular complexity index is 559. The van der Waals surface area contributed by atoms with Gasteiger partial charge >= 0.3 is 0 Å². The van der Waals surface area contributed by atoms with Crippen molar-refractivity contribution in [3.05, 3.63) is 35.9 Å². The average molecular weight is 298 g/mol. The zero-order valence-corrected chi connectivity index (χ0v) is 13.0. The first-order valence-electron chi connectivity index (χ1n) is 6.31. The second-order valence-electron chi connectivity index (χ2n) is 4.60. The molecule has 0 heterocycles. The van der Waals surface area contributed by atoms with Crippen molar-refractivity contribution in [2.75, 3.05) is 32.5 Å². The fourth-order valence-electron chi connectivity index (χ4n) is 1.80. The Morgan fingerprint density at radius 2 is 2.05 bits per heavy atom. The monoisotopic (exact) mass is 298 g/mol. The van der Waals surface area contributed by atoms with Gasteiger partial charge in [-0.05, 0) is 37.1 Å². The highest BCUT2D eigenvalue weighted by molar-refractivity contribution is 7.89. The third-order valence-electron chi connectivity index (χ3n) is 3.20. The molecular weight excluding hydrogens is 276 g/mol. The summed E-state index contributed by atoms with van der Waals surface area (Å²) < 4.78 is 31.5. The first kappa shape index (κ1) is 16.7. The molecule has 0 saturated carbocycles. The summed E-state index contributed by atoms with van der Waals surface area (Å²) in [5.41, 5.74) is 8.10. The minimum absolute atomic E-state index is 0.205. The number of nitrogens with two attached hydrogens (primary N) is 1. The molecule has 20 heavy (non-hydrogen) atoms. The number of methoxy groups -OCH3 is 1. The first-order chi connectivity index (χ1) is 9.34. The maximum Gasteiger partial charge on any atom is 0.243 e. The minimum atomic E-state index is -3.60. The summed E-state index contributed by atoms with van der Waals surface area (Å²) >= 11 is 0. The fraction of sp³-hybridized carbons (Fsp3) is 0.429. The maximum atomic E-state index is 12.6. The van der Waals surface area contributed by atoms with E-state index < -0.39 is 10.0 Å². The van der Waals surface area contributed by atoms with E-state index in [9.17, 15) is 8.42 Å². The Hall–Kier alpha value is -1.37. The Morgan fingerprint density at radius 3 is 2.55 bits per heavy atom. The van der Waals surface area contributed by atoms with E-state index in [1.54, 1.807) is 12.1 Å². The third kappa shape index (κ3) is 3.59. The topological polar surface area (TPSA) is 72.6 Å². The summed E-state index contributed by atoms with van der Waals surface area (Å²) in [4.78, 5) is 0.205. The molecule has 1 aromatic rings. The van der Waals surface area contributed by atoms with Crippen LogP contribution in [-0.2, 0) is 14.8 Å². The molecule has 0 aliphatic carbocycles. The molecule has 1 aromatic carbocycles. The van der Waals surface area contributed by atoms with Crippen LogP contribution in [0.2, 0.25) is 0 Å². The molecule has 112 valence electrons. The standard InChI is InChI=1S/C14H22N2O3S/c1-5-6-16(7-8-19-4)20(17,18)13-9-11(2)12(3)14(15)10-13/h5,9-10H,1,6-8,15H2,2-4H3. The van der Waals surface area contributed by atoms with Crippen molar-refractivity contribution >= 4 is 15.7 Å². The summed E-state index contributed by atoms with van der Waals surface area (Å²) in [7, 11) is -2.06. The van der Waals surface area contributed by atoms with Gasteiger partial charge in [0, 0.05) is 25.9 Å². The fourth-order valence-corrected chi connectivity index (χ4v) is 3.31. The number of rotatable bonds is 7. The van der Waals surface area contributed by atoms with Gasteiger partial charge in [-0.3, -0.25) is 0 Å². The summed E-state index contributed by atoms with van der Waals surface area (Å²) in [6, 6.07) is 3.14. The zero-order valence-electron chi connectivity index (χ0n) is 12.2. The summed E-state index contributed by atoms with van der Waals surface area (Å²) in [5, 5.41) is 0. The largest absolute Gasteiger partial charge is 0.398 e. The van der Waals surface area contributed by atoms with E-state index >= 15 is 0 Å². The number of aryl methyl sites for hydroxylation is 1. The van der Waals surface area contributed by atoms with Crippen LogP contribution in [0.5, 0.6) is 0 Å². The molecular formula is C14H22N2O3S. The van der Waals surface area contributed by atoms with Gasteiger partial charge in [-0.15, -0.1) is 6.58 Å². The Morgan fingerprint density at radius 1 is 1.40 bits per heavy atom. The highest BCUT2D eigenvalue weighted by atomic mass is 32.2. The molecule has 0 radical (unpaired) electrons. The normalized spacial score (nSPS) is 11.8. The van der Waals surface area contributed by atoms with Crippen molar-refractivity contribution in [1.29, 1.82) is 0 Å². The van der Waals surface area contributed by atoms with Crippen molar-refractivity contribution in [1.82, 2.24) is 4.31 Å². The van der Waals surface area contributed by atoms with Crippen LogP contribution in [0.15, 0.2) is 29.7 Å². The third-order valence-corrected chi connectivity index (χ3v) is 5.04. The lowest BCUT2D eigenvalue weighted by Crippen LogP contribution is -2.34. The molecule has 0 amide bonds. The Labute approximate surface area is 121 Å². The van der Waals surface area contributed by atoms with E-state index in [2.05, 4.69) is 6.58 Å². The number of hydrogen-bond acceptors (Lipinski definition) is 4. The highest BCUT2D eigenvalue weighted by Gasteiger charge is 2.24. The van der Waals surface area contributed by atoms with Crippen LogP contribution >= 0.6 is 0 Å². The van der Waals surface area contributed by atoms with E-state index in [0.717, 1.165) is 11.1 Å². The Kier molecular flexibility index (Phi) is 5.74. The van der Waals surface area contributed by atoms with Gasteiger partial charge in [0.2, 0.25) is 10.0 Å². The SMILES string of the molecule is C=CCN(CCOC)S(=O)(=O)c1cc(C)c(C)c(N)c1. The average Bonchev–Trinajstić information content (AvgIpc) is 2.39. The predicted octanol–water partition coefficient (Wildman–Crippen LogP) is 1.71. The molecule has 0 unspecified atom stereocenters. The van der Waals surface area contributed by atoms with E-state index in [1.165, 1.54) is 17.5 Å². The van der Waals surface area contributed by atoms with Gasteiger partial charge in [-0.2, -0.15) is 4.31 Å². The maximum absolute atomic E-state index is 12.6. The Balaban J connectivity index is 3.22. The van der Waals surface area contributed by atoms with Crippen molar-refractivity contribution in [3.63, 3.8) is 0 Å². The number of anilines is 1. The molecule has 5 nitrogen and oxygen atoms in total. The lowest BCUT2D eigenvalue weighted by Gasteiger charge is -2.21. The van der Waals surface area contributed by atoms with Gasteiger partial charge in [0.25, 0.3) is 0 Å². The molecule has 0 spiro atoms. The summed E-state index contributed by atoms with van der Waals surface area (Å²) in [6.07, 6.45) is 1.55. The molecule has 0 aliphatic rings. The van der Waals surface area contributed by atoms with Gasteiger partial charge in [-0.1, -0.05) is 6.08 Å². The minimum Gasteiger partial charge on any atom is -0.398 e. The summed E-state index contributed by atoms with van der Waals surface area (Å²) in [5.74, 6) is 0. The van der Waals surface area contributed by atoms with Gasteiger partial charge in [0.05, 0.1) is 11.5 Å². The number of hydrogen-bond donors (Lipinski definition) is 1. The first-order valence-corrected chi connectivity index (χ1v) is 7.75. The van der Waals surface area contributed by atoms with E-state index in [4.69, 9.17) is 10.5 Å². The number of ether oxygens (including phenoxy) is 1. The lowest BCUT2D eigenvalue weighted by molar-refractivity contribution is 0.182. The second-order valence-corrected chi connectivity index (χ2v) is 6.54.